The monoisotopic (exact) mass is 265 g/mol. The number of rotatable bonds is 7. The molecule has 0 saturated heterocycles. The van der Waals surface area contributed by atoms with E-state index in [-0.39, 0.29) is 5.97 Å². The first-order valence-corrected chi connectivity index (χ1v) is 8.83. The first-order chi connectivity index (χ1) is 7.59. The van der Waals surface area contributed by atoms with Gasteiger partial charge < -0.3 is 10.1 Å². The Morgan fingerprint density at radius 3 is 2.31 bits per heavy atom. The van der Waals surface area contributed by atoms with Crippen molar-refractivity contribution in [2.75, 3.05) is 19.7 Å². The molecule has 1 N–H and O–H groups in total. The van der Waals surface area contributed by atoms with Crippen LogP contribution >= 0.6 is 11.1 Å². The summed E-state index contributed by atoms with van der Waals surface area (Å²) in [6.07, 6.45) is 0.884. The lowest BCUT2D eigenvalue weighted by molar-refractivity contribution is -0.138. The quantitative estimate of drug-likeness (QED) is 0.251. The zero-order valence-electron chi connectivity index (χ0n) is 10.6. The lowest BCUT2D eigenvalue weighted by atomic mass is 10.4. The van der Waals surface area contributed by atoms with Gasteiger partial charge in [0.2, 0.25) is 0 Å². The van der Waals surface area contributed by atoms with Crippen LogP contribution in [0.15, 0.2) is 12.2 Å². The van der Waals surface area contributed by atoms with Crippen molar-refractivity contribution in [3.8, 4) is 0 Å². The van der Waals surface area contributed by atoms with Crippen LogP contribution in [0.25, 0.3) is 0 Å². The molecule has 0 unspecified atom stereocenters. The van der Waals surface area contributed by atoms with Crippen molar-refractivity contribution in [2.45, 2.75) is 33.2 Å². The normalized spacial score (nSPS) is 9.75. The molecule has 0 aromatic heterocycles. The Balaban J connectivity index is 0. The van der Waals surface area contributed by atoms with E-state index in [1.54, 1.807) is 6.92 Å². The van der Waals surface area contributed by atoms with Crippen LogP contribution in [-0.2, 0) is 9.53 Å². The molecule has 5 heteroatoms. The maximum absolute atomic E-state index is 10.8. The molecular weight excluding hydrogens is 242 g/mol. The number of carbonyl (C=O) groups excluding carboxylic acids is 1. The number of halogens is 1. The molecule has 0 spiro atoms. The van der Waals surface area contributed by atoms with Crippen molar-refractivity contribution in [3.05, 3.63) is 12.2 Å². The number of nitrogens with one attached hydrogen (secondary N) is 1. The van der Waals surface area contributed by atoms with Crippen LogP contribution in [0.3, 0.4) is 0 Å². The highest BCUT2D eigenvalue weighted by molar-refractivity contribution is 6.93. The molecule has 96 valence electrons. The van der Waals surface area contributed by atoms with Crippen molar-refractivity contribution in [1.82, 2.24) is 5.32 Å². The van der Waals surface area contributed by atoms with Gasteiger partial charge in [0.25, 0.3) is 0 Å². The fourth-order valence-electron chi connectivity index (χ4n) is 0.735. The minimum Gasteiger partial charge on any atom is -0.462 e. The second-order valence-electron chi connectivity index (χ2n) is 3.27. The Labute approximate surface area is 106 Å². The molecule has 0 fully saturated rings. The first-order valence-electron chi connectivity index (χ1n) is 5.69. The van der Waals surface area contributed by atoms with Crippen molar-refractivity contribution in [1.29, 1.82) is 0 Å². The molecule has 3 nitrogen and oxygen atoms in total. The van der Waals surface area contributed by atoms with Crippen molar-refractivity contribution >= 4 is 25.9 Å². The molecule has 0 bridgehead atoms. The summed E-state index contributed by atoms with van der Waals surface area (Å²) in [7, 11) is -0.392. The summed E-state index contributed by atoms with van der Waals surface area (Å²) < 4.78 is 4.83. The predicted octanol–water partition coefficient (Wildman–Crippen LogP) is 1.85. The highest BCUT2D eigenvalue weighted by Gasteiger charge is 2.00. The van der Waals surface area contributed by atoms with Gasteiger partial charge in [-0.2, -0.15) is 11.1 Å². The van der Waals surface area contributed by atoms with Crippen molar-refractivity contribution in [3.63, 3.8) is 0 Å². The molecular formula is C11H24ClNO2Si. The Morgan fingerprint density at radius 2 is 2.00 bits per heavy atom. The molecule has 0 saturated carbocycles. The number of carbonyl (C=O) groups is 1. The van der Waals surface area contributed by atoms with E-state index in [2.05, 4.69) is 25.7 Å². The summed E-state index contributed by atoms with van der Waals surface area (Å²) in [5.74, 6) is -0.304. The van der Waals surface area contributed by atoms with Crippen LogP contribution in [0, 0.1) is 0 Å². The molecule has 0 aromatic carbocycles. The second kappa shape index (κ2) is 14.7. The third-order valence-corrected chi connectivity index (χ3v) is 3.18. The van der Waals surface area contributed by atoms with E-state index in [0.717, 1.165) is 25.6 Å². The standard InChI is InChI=1S/C7H13ClO2Si.C4H11N/c1-6(2)7(9)10-4-3-5-11-8;1-3-5-4-2/h1,3-5,11H2,2H3;5H,3-4H2,1-2H3. The average molecular weight is 266 g/mol. The number of hydrogen-bond acceptors (Lipinski definition) is 3. The van der Waals surface area contributed by atoms with E-state index in [4.69, 9.17) is 15.8 Å². The third kappa shape index (κ3) is 16.1. The van der Waals surface area contributed by atoms with Gasteiger partial charge >= 0.3 is 5.97 Å². The summed E-state index contributed by atoms with van der Waals surface area (Å²) in [5.41, 5.74) is 0.452. The lowest BCUT2D eigenvalue weighted by Crippen LogP contribution is -2.09. The van der Waals surface area contributed by atoms with E-state index >= 15 is 0 Å². The number of ether oxygens (including phenoxy) is 1. The van der Waals surface area contributed by atoms with Gasteiger partial charge in [-0.3, -0.25) is 0 Å². The Morgan fingerprint density at radius 1 is 1.44 bits per heavy atom. The Hall–Kier alpha value is -0.323. The molecule has 0 heterocycles. The topological polar surface area (TPSA) is 38.3 Å². The maximum atomic E-state index is 10.8. The van der Waals surface area contributed by atoms with E-state index in [1.165, 1.54) is 0 Å². The predicted molar refractivity (Wildman–Crippen MR) is 73.8 cm³/mol. The van der Waals surface area contributed by atoms with Crippen LogP contribution < -0.4 is 5.32 Å². The highest BCUT2D eigenvalue weighted by atomic mass is 35.6. The van der Waals surface area contributed by atoms with Crippen LogP contribution in [0.2, 0.25) is 6.04 Å². The fraction of sp³-hybridized carbons (Fsp3) is 0.727. The summed E-state index contributed by atoms with van der Waals surface area (Å²) in [5, 5.41) is 3.11. The Kier molecular flexibility index (Phi) is 16.6. The molecule has 0 aliphatic carbocycles. The molecule has 0 aromatic rings. The summed E-state index contributed by atoms with van der Waals surface area (Å²) in [6.45, 7) is 12.0. The van der Waals surface area contributed by atoms with E-state index in [1.807, 2.05) is 0 Å². The van der Waals surface area contributed by atoms with Gasteiger partial charge in [0.15, 0.2) is 0 Å². The van der Waals surface area contributed by atoms with Gasteiger partial charge in [-0.05, 0) is 32.5 Å². The number of esters is 1. The molecule has 0 radical (unpaired) electrons. The van der Waals surface area contributed by atoms with Gasteiger partial charge in [-0.25, -0.2) is 4.79 Å². The molecule has 0 atom stereocenters. The maximum Gasteiger partial charge on any atom is 0.333 e. The summed E-state index contributed by atoms with van der Waals surface area (Å²) >= 11 is 5.56. The zero-order chi connectivity index (χ0) is 12.8. The summed E-state index contributed by atoms with van der Waals surface area (Å²) in [6, 6.07) is 1.02. The van der Waals surface area contributed by atoms with Crippen LogP contribution in [-0.4, -0.2) is 34.5 Å². The smallest absolute Gasteiger partial charge is 0.333 e. The van der Waals surface area contributed by atoms with E-state index < -0.39 is 8.83 Å². The second-order valence-corrected chi connectivity index (χ2v) is 5.49. The first kappa shape index (κ1) is 18.1. The Bertz CT molecular complexity index is 187. The average Bonchev–Trinajstić information content (AvgIpc) is 2.26. The third-order valence-electron chi connectivity index (χ3n) is 1.61. The van der Waals surface area contributed by atoms with Gasteiger partial charge in [0, 0.05) is 5.57 Å². The van der Waals surface area contributed by atoms with Crippen LogP contribution in [0.4, 0.5) is 0 Å². The van der Waals surface area contributed by atoms with Crippen molar-refractivity contribution < 1.29 is 9.53 Å². The molecule has 0 aliphatic rings. The van der Waals surface area contributed by atoms with E-state index in [0.29, 0.717) is 12.2 Å². The van der Waals surface area contributed by atoms with Crippen LogP contribution in [0.5, 0.6) is 0 Å². The van der Waals surface area contributed by atoms with Gasteiger partial charge in [0.05, 0.1) is 6.61 Å². The summed E-state index contributed by atoms with van der Waals surface area (Å²) in [4.78, 5) is 10.8. The SMILES string of the molecule is C=C(C)C(=O)OCCC[SiH2]Cl.CCNCC. The van der Waals surface area contributed by atoms with E-state index in [9.17, 15) is 4.79 Å². The van der Waals surface area contributed by atoms with Gasteiger partial charge in [-0.1, -0.05) is 20.4 Å². The molecule has 0 amide bonds. The van der Waals surface area contributed by atoms with Gasteiger partial charge in [-0.15, -0.1) is 0 Å². The molecule has 16 heavy (non-hydrogen) atoms. The zero-order valence-corrected chi connectivity index (χ0v) is 12.8. The largest absolute Gasteiger partial charge is 0.462 e. The number of hydrogen-bond donors (Lipinski definition) is 1. The molecule has 0 rings (SSSR count). The minimum absolute atomic E-state index is 0.304. The van der Waals surface area contributed by atoms with Crippen LogP contribution in [0.1, 0.15) is 27.2 Å². The highest BCUT2D eigenvalue weighted by Crippen LogP contribution is 1.96. The fourth-order valence-corrected chi connectivity index (χ4v) is 1.69. The van der Waals surface area contributed by atoms with Crippen molar-refractivity contribution in [2.24, 2.45) is 0 Å². The van der Waals surface area contributed by atoms with Gasteiger partial charge in [0.1, 0.15) is 8.83 Å². The minimum atomic E-state index is -0.392. The molecule has 0 aliphatic heterocycles. The lowest BCUT2D eigenvalue weighted by Gasteiger charge is -2.01.